The van der Waals surface area contributed by atoms with Crippen molar-refractivity contribution in [2.75, 3.05) is 13.2 Å². The Labute approximate surface area is 77.1 Å². The Morgan fingerprint density at radius 2 is 2.38 bits per heavy atom. The van der Waals surface area contributed by atoms with E-state index in [1.807, 2.05) is 6.07 Å². The summed E-state index contributed by atoms with van der Waals surface area (Å²) in [4.78, 5) is 0. The Kier molecular flexibility index (Phi) is 2.10. The third-order valence-corrected chi connectivity index (χ3v) is 2.39. The van der Waals surface area contributed by atoms with Crippen LogP contribution in [-0.2, 0) is 0 Å². The lowest BCUT2D eigenvalue weighted by Crippen LogP contribution is -2.08. The number of ether oxygens (including phenoxy) is 1. The highest BCUT2D eigenvalue weighted by molar-refractivity contribution is 5.44. The van der Waals surface area contributed by atoms with Gasteiger partial charge in [0.05, 0.1) is 6.61 Å². The second-order valence-corrected chi connectivity index (χ2v) is 3.31. The Morgan fingerprint density at radius 1 is 1.54 bits per heavy atom. The lowest BCUT2D eigenvalue weighted by Gasteiger charge is -2.05. The van der Waals surface area contributed by atoms with Crippen LogP contribution in [0.2, 0.25) is 0 Å². The van der Waals surface area contributed by atoms with Crippen LogP contribution in [0.15, 0.2) is 18.2 Å². The van der Waals surface area contributed by atoms with Crippen LogP contribution < -0.4 is 10.5 Å². The van der Waals surface area contributed by atoms with E-state index >= 15 is 0 Å². The SMILES string of the molecule is NCCC1COc2cc(O)ccc21. The second kappa shape index (κ2) is 3.26. The molecule has 0 saturated heterocycles. The first-order valence-electron chi connectivity index (χ1n) is 4.47. The van der Waals surface area contributed by atoms with Gasteiger partial charge in [-0.2, -0.15) is 0 Å². The molecule has 0 radical (unpaired) electrons. The second-order valence-electron chi connectivity index (χ2n) is 3.31. The third kappa shape index (κ3) is 1.47. The van der Waals surface area contributed by atoms with Crippen LogP contribution in [0.25, 0.3) is 0 Å². The summed E-state index contributed by atoms with van der Waals surface area (Å²) in [5, 5.41) is 9.21. The van der Waals surface area contributed by atoms with Crippen LogP contribution in [-0.4, -0.2) is 18.3 Å². The molecular formula is C10H13NO2. The van der Waals surface area contributed by atoms with Crippen molar-refractivity contribution in [2.45, 2.75) is 12.3 Å². The van der Waals surface area contributed by atoms with Crippen molar-refractivity contribution < 1.29 is 9.84 Å². The highest BCUT2D eigenvalue weighted by Gasteiger charge is 2.23. The van der Waals surface area contributed by atoms with Gasteiger partial charge in [-0.25, -0.2) is 0 Å². The Balaban J connectivity index is 2.27. The number of hydrogen-bond acceptors (Lipinski definition) is 3. The van der Waals surface area contributed by atoms with E-state index in [4.69, 9.17) is 10.5 Å². The van der Waals surface area contributed by atoms with Gasteiger partial charge in [-0.1, -0.05) is 6.07 Å². The number of aromatic hydroxyl groups is 1. The van der Waals surface area contributed by atoms with Crippen molar-refractivity contribution in [1.82, 2.24) is 0 Å². The molecule has 3 nitrogen and oxygen atoms in total. The molecule has 1 aliphatic heterocycles. The van der Waals surface area contributed by atoms with Crippen LogP contribution in [0.5, 0.6) is 11.5 Å². The van der Waals surface area contributed by atoms with Gasteiger partial charge in [0, 0.05) is 17.5 Å². The van der Waals surface area contributed by atoms with Crippen molar-refractivity contribution in [2.24, 2.45) is 5.73 Å². The van der Waals surface area contributed by atoms with Gasteiger partial charge in [0.15, 0.2) is 0 Å². The predicted molar refractivity (Wildman–Crippen MR) is 50.0 cm³/mol. The topological polar surface area (TPSA) is 55.5 Å². The van der Waals surface area contributed by atoms with E-state index in [2.05, 4.69) is 0 Å². The Bertz CT molecular complexity index is 312. The maximum atomic E-state index is 9.21. The van der Waals surface area contributed by atoms with E-state index in [-0.39, 0.29) is 5.75 Å². The maximum absolute atomic E-state index is 9.21. The van der Waals surface area contributed by atoms with Crippen molar-refractivity contribution in [3.05, 3.63) is 23.8 Å². The molecule has 2 rings (SSSR count). The molecule has 3 N–H and O–H groups in total. The standard InChI is InChI=1S/C10H13NO2/c11-4-3-7-6-13-10-5-8(12)1-2-9(7)10/h1-2,5,7,12H,3-4,6,11H2. The van der Waals surface area contributed by atoms with Gasteiger partial charge in [0.2, 0.25) is 0 Å². The summed E-state index contributed by atoms with van der Waals surface area (Å²) >= 11 is 0. The van der Waals surface area contributed by atoms with E-state index in [1.165, 1.54) is 5.56 Å². The minimum atomic E-state index is 0.257. The molecule has 0 amide bonds. The van der Waals surface area contributed by atoms with Crippen molar-refractivity contribution in [3.8, 4) is 11.5 Å². The highest BCUT2D eigenvalue weighted by atomic mass is 16.5. The predicted octanol–water partition coefficient (Wildman–Crippen LogP) is 1.22. The minimum absolute atomic E-state index is 0.257. The lowest BCUT2D eigenvalue weighted by atomic mass is 9.98. The molecule has 1 heterocycles. The van der Waals surface area contributed by atoms with E-state index in [1.54, 1.807) is 12.1 Å². The number of benzene rings is 1. The fourth-order valence-corrected chi connectivity index (χ4v) is 1.71. The van der Waals surface area contributed by atoms with Gasteiger partial charge in [0.1, 0.15) is 11.5 Å². The molecule has 3 heteroatoms. The molecule has 0 spiro atoms. The number of phenols is 1. The zero-order chi connectivity index (χ0) is 9.26. The fourth-order valence-electron chi connectivity index (χ4n) is 1.71. The summed E-state index contributed by atoms with van der Waals surface area (Å²) in [6.45, 7) is 1.37. The third-order valence-electron chi connectivity index (χ3n) is 2.39. The highest BCUT2D eigenvalue weighted by Crippen LogP contribution is 2.37. The quantitative estimate of drug-likeness (QED) is 0.717. The zero-order valence-electron chi connectivity index (χ0n) is 7.36. The normalized spacial score (nSPS) is 19.6. The smallest absolute Gasteiger partial charge is 0.126 e. The molecule has 1 aliphatic rings. The van der Waals surface area contributed by atoms with Crippen LogP contribution in [0.1, 0.15) is 17.9 Å². The number of hydrogen-bond donors (Lipinski definition) is 2. The summed E-state index contributed by atoms with van der Waals surface area (Å²) in [6, 6.07) is 5.26. The zero-order valence-corrected chi connectivity index (χ0v) is 7.36. The minimum Gasteiger partial charge on any atom is -0.508 e. The van der Waals surface area contributed by atoms with Gasteiger partial charge >= 0.3 is 0 Å². The summed E-state index contributed by atoms with van der Waals surface area (Å²) in [5.74, 6) is 1.46. The summed E-state index contributed by atoms with van der Waals surface area (Å²) < 4.78 is 5.43. The van der Waals surface area contributed by atoms with Gasteiger partial charge in [-0.15, -0.1) is 0 Å². The summed E-state index contributed by atoms with van der Waals surface area (Å²) in [7, 11) is 0. The molecule has 70 valence electrons. The molecule has 1 atom stereocenters. The monoisotopic (exact) mass is 179 g/mol. The lowest BCUT2D eigenvalue weighted by molar-refractivity contribution is 0.325. The van der Waals surface area contributed by atoms with Crippen molar-refractivity contribution >= 4 is 0 Å². The van der Waals surface area contributed by atoms with Gasteiger partial charge in [-0.3, -0.25) is 0 Å². The first-order chi connectivity index (χ1) is 6.31. The Hall–Kier alpha value is -1.22. The fraction of sp³-hybridized carbons (Fsp3) is 0.400. The number of fused-ring (bicyclic) bond motifs is 1. The average molecular weight is 179 g/mol. The van der Waals surface area contributed by atoms with Gasteiger partial charge < -0.3 is 15.6 Å². The first kappa shape index (κ1) is 8.38. The van der Waals surface area contributed by atoms with E-state index < -0.39 is 0 Å². The number of nitrogens with two attached hydrogens (primary N) is 1. The van der Waals surface area contributed by atoms with Crippen molar-refractivity contribution in [1.29, 1.82) is 0 Å². The van der Waals surface area contributed by atoms with E-state index in [0.29, 0.717) is 19.1 Å². The molecule has 0 saturated carbocycles. The first-order valence-corrected chi connectivity index (χ1v) is 4.47. The summed E-state index contributed by atoms with van der Waals surface area (Å²) in [5.41, 5.74) is 6.66. The molecule has 0 aromatic heterocycles. The number of phenolic OH excluding ortho intramolecular Hbond substituents is 1. The van der Waals surface area contributed by atoms with E-state index in [9.17, 15) is 5.11 Å². The average Bonchev–Trinajstić information content (AvgIpc) is 2.49. The van der Waals surface area contributed by atoms with E-state index in [0.717, 1.165) is 12.2 Å². The van der Waals surface area contributed by atoms with Crippen molar-refractivity contribution in [3.63, 3.8) is 0 Å². The molecule has 13 heavy (non-hydrogen) atoms. The van der Waals surface area contributed by atoms with Crippen LogP contribution >= 0.6 is 0 Å². The molecular weight excluding hydrogens is 166 g/mol. The number of rotatable bonds is 2. The summed E-state index contributed by atoms with van der Waals surface area (Å²) in [6.07, 6.45) is 0.942. The van der Waals surface area contributed by atoms with Gasteiger partial charge in [-0.05, 0) is 19.0 Å². The van der Waals surface area contributed by atoms with Gasteiger partial charge in [0.25, 0.3) is 0 Å². The molecule has 1 aromatic rings. The largest absolute Gasteiger partial charge is 0.508 e. The van der Waals surface area contributed by atoms with Crippen LogP contribution in [0.3, 0.4) is 0 Å². The molecule has 1 aromatic carbocycles. The molecule has 1 unspecified atom stereocenters. The molecule has 0 aliphatic carbocycles. The Morgan fingerprint density at radius 3 is 3.15 bits per heavy atom. The van der Waals surface area contributed by atoms with Crippen LogP contribution in [0.4, 0.5) is 0 Å². The molecule has 0 bridgehead atoms. The molecule has 0 fully saturated rings. The van der Waals surface area contributed by atoms with Crippen LogP contribution in [0, 0.1) is 0 Å². The maximum Gasteiger partial charge on any atom is 0.126 e.